The fourth-order valence-electron chi connectivity index (χ4n) is 1.86. The van der Waals surface area contributed by atoms with Gasteiger partial charge < -0.3 is 20.1 Å². The van der Waals surface area contributed by atoms with Crippen molar-refractivity contribution in [1.82, 2.24) is 4.98 Å². The van der Waals surface area contributed by atoms with E-state index in [0.717, 1.165) is 37.7 Å². The Kier molecular flexibility index (Phi) is 8.18. The molecule has 1 aromatic heterocycles. The van der Waals surface area contributed by atoms with E-state index in [9.17, 15) is 0 Å². The Balaban J connectivity index is 2.64. The number of hydrogen-bond donors (Lipinski definition) is 1. The highest BCUT2D eigenvalue weighted by Gasteiger charge is 2.08. The quantitative estimate of drug-likeness (QED) is 0.665. The van der Waals surface area contributed by atoms with E-state index in [1.807, 2.05) is 33.0 Å². The van der Waals surface area contributed by atoms with Gasteiger partial charge in [0.2, 0.25) is 0 Å². The Bertz CT molecular complexity index is 345. The summed E-state index contributed by atoms with van der Waals surface area (Å²) in [6, 6.07) is 4.00. The van der Waals surface area contributed by atoms with Crippen LogP contribution in [0.25, 0.3) is 0 Å². The first-order valence-electron chi connectivity index (χ1n) is 7.31. The molecule has 5 nitrogen and oxygen atoms in total. The predicted octanol–water partition coefficient (Wildman–Crippen LogP) is 1.98. The summed E-state index contributed by atoms with van der Waals surface area (Å²) in [6.07, 6.45) is 1.87. The van der Waals surface area contributed by atoms with Crippen LogP contribution in [0.2, 0.25) is 0 Å². The third-order valence-corrected chi connectivity index (χ3v) is 3.02. The molecular weight excluding hydrogens is 254 g/mol. The second-order valence-electron chi connectivity index (χ2n) is 4.61. The van der Waals surface area contributed by atoms with Crippen LogP contribution in [0.5, 0.6) is 0 Å². The fraction of sp³-hybridized carbons (Fsp3) is 0.667. The van der Waals surface area contributed by atoms with Gasteiger partial charge >= 0.3 is 0 Å². The summed E-state index contributed by atoms with van der Waals surface area (Å²) >= 11 is 0. The number of hydrogen-bond acceptors (Lipinski definition) is 5. The number of pyridine rings is 1. The molecule has 1 atom stereocenters. The van der Waals surface area contributed by atoms with Gasteiger partial charge in [-0.15, -0.1) is 0 Å². The van der Waals surface area contributed by atoms with E-state index >= 15 is 0 Å². The molecule has 1 rings (SSSR count). The van der Waals surface area contributed by atoms with Crippen LogP contribution in [0.4, 0.5) is 5.69 Å². The molecule has 0 amide bonds. The summed E-state index contributed by atoms with van der Waals surface area (Å²) in [5, 5.41) is 0. The first kappa shape index (κ1) is 16.9. The smallest absolute Gasteiger partial charge is 0.0641 e. The van der Waals surface area contributed by atoms with E-state index in [0.29, 0.717) is 13.2 Å². The maximum atomic E-state index is 5.82. The summed E-state index contributed by atoms with van der Waals surface area (Å²) in [4.78, 5) is 6.63. The second-order valence-corrected chi connectivity index (χ2v) is 4.61. The van der Waals surface area contributed by atoms with Gasteiger partial charge in [0.25, 0.3) is 0 Å². The molecule has 0 aromatic carbocycles. The SMILES string of the molecule is CCOCCN(CCOCC)c1ccc([C@H](C)N)nc1. The van der Waals surface area contributed by atoms with Crippen LogP contribution >= 0.6 is 0 Å². The van der Waals surface area contributed by atoms with Crippen LogP contribution in [0.3, 0.4) is 0 Å². The van der Waals surface area contributed by atoms with Gasteiger partial charge in [-0.05, 0) is 32.9 Å². The highest BCUT2D eigenvalue weighted by molar-refractivity contribution is 5.44. The summed E-state index contributed by atoms with van der Waals surface area (Å²) < 4.78 is 10.9. The van der Waals surface area contributed by atoms with Crippen molar-refractivity contribution in [3.8, 4) is 0 Å². The van der Waals surface area contributed by atoms with Gasteiger partial charge in [0.1, 0.15) is 0 Å². The molecule has 2 N–H and O–H groups in total. The normalized spacial score (nSPS) is 12.4. The fourth-order valence-corrected chi connectivity index (χ4v) is 1.86. The van der Waals surface area contributed by atoms with Gasteiger partial charge in [0.15, 0.2) is 0 Å². The average molecular weight is 281 g/mol. The molecular formula is C15H27N3O2. The molecule has 20 heavy (non-hydrogen) atoms. The van der Waals surface area contributed by atoms with Crippen LogP contribution in [0, 0.1) is 0 Å². The van der Waals surface area contributed by atoms with Gasteiger partial charge in [-0.1, -0.05) is 0 Å². The van der Waals surface area contributed by atoms with Crippen molar-refractivity contribution < 1.29 is 9.47 Å². The molecule has 5 heteroatoms. The van der Waals surface area contributed by atoms with E-state index in [2.05, 4.69) is 16.0 Å². The van der Waals surface area contributed by atoms with E-state index in [4.69, 9.17) is 15.2 Å². The molecule has 0 bridgehead atoms. The maximum Gasteiger partial charge on any atom is 0.0641 e. The topological polar surface area (TPSA) is 60.6 Å². The molecule has 0 saturated carbocycles. The van der Waals surface area contributed by atoms with Crippen molar-refractivity contribution >= 4 is 5.69 Å². The van der Waals surface area contributed by atoms with Gasteiger partial charge in [0.05, 0.1) is 30.8 Å². The molecule has 0 saturated heterocycles. The molecule has 1 heterocycles. The Hall–Kier alpha value is -1.17. The van der Waals surface area contributed by atoms with Crippen LogP contribution < -0.4 is 10.6 Å². The zero-order valence-corrected chi connectivity index (χ0v) is 12.8. The Labute approximate surface area is 122 Å². The molecule has 0 aliphatic rings. The highest BCUT2D eigenvalue weighted by atomic mass is 16.5. The predicted molar refractivity (Wildman–Crippen MR) is 82.0 cm³/mol. The first-order chi connectivity index (χ1) is 9.69. The third kappa shape index (κ3) is 5.86. The van der Waals surface area contributed by atoms with Gasteiger partial charge in [-0.3, -0.25) is 4.98 Å². The molecule has 0 aliphatic heterocycles. The summed E-state index contributed by atoms with van der Waals surface area (Å²) in [6.45, 7) is 10.5. The monoisotopic (exact) mass is 281 g/mol. The Morgan fingerprint density at radius 2 is 1.75 bits per heavy atom. The van der Waals surface area contributed by atoms with Gasteiger partial charge in [-0.2, -0.15) is 0 Å². The van der Waals surface area contributed by atoms with Crippen molar-refractivity contribution in [2.75, 3.05) is 44.4 Å². The van der Waals surface area contributed by atoms with Crippen molar-refractivity contribution in [2.45, 2.75) is 26.8 Å². The van der Waals surface area contributed by atoms with E-state index in [1.54, 1.807) is 0 Å². The van der Waals surface area contributed by atoms with Crippen molar-refractivity contribution in [3.05, 3.63) is 24.0 Å². The molecule has 0 radical (unpaired) electrons. The summed E-state index contributed by atoms with van der Waals surface area (Å²) in [7, 11) is 0. The first-order valence-corrected chi connectivity index (χ1v) is 7.31. The van der Waals surface area contributed by atoms with E-state index in [-0.39, 0.29) is 6.04 Å². The lowest BCUT2D eigenvalue weighted by Crippen LogP contribution is -2.31. The van der Waals surface area contributed by atoms with Gasteiger partial charge in [0, 0.05) is 32.3 Å². The molecule has 0 fully saturated rings. The zero-order chi connectivity index (χ0) is 14.8. The lowest BCUT2D eigenvalue weighted by atomic mass is 10.2. The van der Waals surface area contributed by atoms with Crippen molar-refractivity contribution in [2.24, 2.45) is 5.73 Å². The molecule has 114 valence electrons. The van der Waals surface area contributed by atoms with Crippen LogP contribution in [0.15, 0.2) is 18.3 Å². The lowest BCUT2D eigenvalue weighted by molar-refractivity contribution is 0.141. The van der Waals surface area contributed by atoms with Crippen LogP contribution in [0.1, 0.15) is 32.5 Å². The van der Waals surface area contributed by atoms with Crippen LogP contribution in [-0.2, 0) is 9.47 Å². The average Bonchev–Trinajstić information content (AvgIpc) is 2.46. The van der Waals surface area contributed by atoms with E-state index in [1.165, 1.54) is 0 Å². The Morgan fingerprint density at radius 1 is 1.15 bits per heavy atom. The van der Waals surface area contributed by atoms with E-state index < -0.39 is 0 Å². The number of aromatic nitrogens is 1. The third-order valence-electron chi connectivity index (χ3n) is 3.02. The number of anilines is 1. The zero-order valence-electron chi connectivity index (χ0n) is 12.8. The molecule has 0 unspecified atom stereocenters. The van der Waals surface area contributed by atoms with Gasteiger partial charge in [-0.25, -0.2) is 0 Å². The summed E-state index contributed by atoms with van der Waals surface area (Å²) in [5.74, 6) is 0. The molecule has 1 aromatic rings. The maximum absolute atomic E-state index is 5.82. The number of rotatable bonds is 10. The minimum absolute atomic E-state index is 0.0376. The largest absolute Gasteiger partial charge is 0.380 e. The van der Waals surface area contributed by atoms with Crippen molar-refractivity contribution in [3.63, 3.8) is 0 Å². The molecule has 0 aliphatic carbocycles. The number of nitrogens with zero attached hydrogens (tertiary/aromatic N) is 2. The summed E-state index contributed by atoms with van der Waals surface area (Å²) in [5.41, 5.74) is 7.80. The van der Waals surface area contributed by atoms with Crippen LogP contribution in [-0.4, -0.2) is 44.5 Å². The number of ether oxygens (including phenoxy) is 2. The number of nitrogens with two attached hydrogens (primary N) is 1. The molecule has 0 spiro atoms. The lowest BCUT2D eigenvalue weighted by Gasteiger charge is -2.24. The minimum atomic E-state index is -0.0376. The highest BCUT2D eigenvalue weighted by Crippen LogP contribution is 2.15. The second kappa shape index (κ2) is 9.69. The Morgan fingerprint density at radius 3 is 2.15 bits per heavy atom. The van der Waals surface area contributed by atoms with Crippen molar-refractivity contribution in [1.29, 1.82) is 0 Å². The standard InChI is InChI=1S/C15H27N3O2/c1-4-19-10-8-18(9-11-20-5-2)14-6-7-15(13(3)16)17-12-14/h6-7,12-13H,4-5,8-11,16H2,1-3H3/t13-/m0/s1. The minimum Gasteiger partial charge on any atom is -0.380 e.